The number of esters is 1. The van der Waals surface area contributed by atoms with Crippen LogP contribution in [0, 0.1) is 0 Å². The van der Waals surface area contributed by atoms with Gasteiger partial charge in [0.15, 0.2) is 0 Å². The van der Waals surface area contributed by atoms with Gasteiger partial charge in [0.25, 0.3) is 0 Å². The van der Waals surface area contributed by atoms with Crippen molar-refractivity contribution in [3.8, 4) is 0 Å². The summed E-state index contributed by atoms with van der Waals surface area (Å²) in [5.41, 5.74) is 2.64. The van der Waals surface area contributed by atoms with E-state index < -0.39 is 0 Å². The minimum atomic E-state index is -0.0934. The molecule has 94 valence electrons. The fraction of sp³-hybridized carbons (Fsp3) is 0.500. The van der Waals surface area contributed by atoms with E-state index in [9.17, 15) is 4.79 Å². The molecule has 0 amide bonds. The maximum atomic E-state index is 11.2. The van der Waals surface area contributed by atoms with E-state index >= 15 is 0 Å². The highest BCUT2D eigenvalue weighted by Crippen LogP contribution is 2.10. The average molecular weight is 299 g/mol. The van der Waals surface area contributed by atoms with Gasteiger partial charge in [-0.1, -0.05) is 40.2 Å². The number of carbonyl (C=O) groups excluding carboxylic acids is 1. The van der Waals surface area contributed by atoms with Gasteiger partial charge >= 0.3 is 5.97 Å². The molecule has 2 nitrogen and oxygen atoms in total. The highest BCUT2D eigenvalue weighted by atomic mass is 79.9. The van der Waals surface area contributed by atoms with Crippen LogP contribution in [0.2, 0.25) is 0 Å². The lowest BCUT2D eigenvalue weighted by atomic mass is 10.0. The fourth-order valence-electron chi connectivity index (χ4n) is 1.72. The first-order chi connectivity index (χ1) is 8.26. The monoisotopic (exact) mass is 298 g/mol. The number of alkyl halides is 1. The van der Waals surface area contributed by atoms with Gasteiger partial charge in [0, 0.05) is 11.8 Å². The van der Waals surface area contributed by atoms with E-state index in [4.69, 9.17) is 4.74 Å². The molecule has 17 heavy (non-hydrogen) atoms. The predicted octanol–water partition coefficient (Wildman–Crippen LogP) is 3.51. The van der Waals surface area contributed by atoms with Gasteiger partial charge in [-0.15, -0.1) is 0 Å². The van der Waals surface area contributed by atoms with E-state index in [0.29, 0.717) is 13.0 Å². The molecule has 0 aliphatic rings. The molecular weight excluding hydrogens is 280 g/mol. The molecule has 0 radical (unpaired) electrons. The molecule has 0 aliphatic carbocycles. The van der Waals surface area contributed by atoms with Crippen LogP contribution >= 0.6 is 15.9 Å². The van der Waals surface area contributed by atoms with Crippen LogP contribution in [0.1, 0.15) is 30.9 Å². The standard InChI is InChI=1S/C14H19BrO2/c1-2-17-14(16)8-4-7-12-5-3-6-13(11-12)9-10-15/h3,5-6,11H,2,4,7-10H2,1H3. The molecule has 0 spiro atoms. The lowest BCUT2D eigenvalue weighted by molar-refractivity contribution is -0.143. The van der Waals surface area contributed by atoms with Crippen molar-refractivity contribution in [1.29, 1.82) is 0 Å². The van der Waals surface area contributed by atoms with Crippen LogP contribution in [0.4, 0.5) is 0 Å². The lowest BCUT2D eigenvalue weighted by Gasteiger charge is -2.04. The summed E-state index contributed by atoms with van der Waals surface area (Å²) in [6.07, 6.45) is 3.35. The molecule has 0 aromatic heterocycles. The van der Waals surface area contributed by atoms with Gasteiger partial charge < -0.3 is 4.74 Å². The zero-order valence-electron chi connectivity index (χ0n) is 10.2. The van der Waals surface area contributed by atoms with Crippen molar-refractivity contribution in [2.45, 2.75) is 32.6 Å². The van der Waals surface area contributed by atoms with Gasteiger partial charge in [0.05, 0.1) is 6.61 Å². The second kappa shape index (κ2) is 8.29. The third kappa shape index (κ3) is 5.87. The SMILES string of the molecule is CCOC(=O)CCCc1cccc(CCBr)c1. The number of carbonyl (C=O) groups is 1. The number of rotatable bonds is 7. The number of aryl methyl sites for hydroxylation is 2. The van der Waals surface area contributed by atoms with E-state index in [2.05, 4.69) is 40.2 Å². The van der Waals surface area contributed by atoms with Gasteiger partial charge in [0.2, 0.25) is 0 Å². The number of ether oxygens (including phenoxy) is 1. The van der Waals surface area contributed by atoms with Crippen molar-refractivity contribution < 1.29 is 9.53 Å². The minimum absolute atomic E-state index is 0.0934. The van der Waals surface area contributed by atoms with Crippen molar-refractivity contribution in [1.82, 2.24) is 0 Å². The molecule has 0 bridgehead atoms. The van der Waals surface area contributed by atoms with Gasteiger partial charge in [-0.3, -0.25) is 4.79 Å². The van der Waals surface area contributed by atoms with Crippen LogP contribution in [-0.2, 0) is 22.4 Å². The van der Waals surface area contributed by atoms with Crippen molar-refractivity contribution in [2.24, 2.45) is 0 Å². The maximum absolute atomic E-state index is 11.2. The van der Waals surface area contributed by atoms with Gasteiger partial charge in [-0.05, 0) is 37.3 Å². The number of hydrogen-bond acceptors (Lipinski definition) is 2. The van der Waals surface area contributed by atoms with Crippen molar-refractivity contribution in [3.05, 3.63) is 35.4 Å². The van der Waals surface area contributed by atoms with E-state index in [1.54, 1.807) is 0 Å². The summed E-state index contributed by atoms with van der Waals surface area (Å²) in [5, 5.41) is 0.985. The molecule has 1 aromatic rings. The first-order valence-corrected chi connectivity index (χ1v) is 7.17. The fourth-order valence-corrected chi connectivity index (χ4v) is 2.18. The third-order valence-electron chi connectivity index (χ3n) is 2.53. The third-order valence-corrected chi connectivity index (χ3v) is 2.92. The van der Waals surface area contributed by atoms with Crippen LogP contribution in [0.5, 0.6) is 0 Å². The van der Waals surface area contributed by atoms with Crippen molar-refractivity contribution in [3.63, 3.8) is 0 Å². The Morgan fingerprint density at radius 3 is 2.65 bits per heavy atom. The Hall–Kier alpha value is -0.830. The van der Waals surface area contributed by atoms with Crippen LogP contribution in [0.3, 0.4) is 0 Å². The second-order valence-electron chi connectivity index (χ2n) is 3.92. The summed E-state index contributed by atoms with van der Waals surface area (Å²) in [4.78, 5) is 11.2. The molecule has 1 aromatic carbocycles. The van der Waals surface area contributed by atoms with Crippen LogP contribution < -0.4 is 0 Å². The van der Waals surface area contributed by atoms with Gasteiger partial charge in [-0.2, -0.15) is 0 Å². The first-order valence-electron chi connectivity index (χ1n) is 6.05. The minimum Gasteiger partial charge on any atom is -0.466 e. The number of halogens is 1. The van der Waals surface area contributed by atoms with E-state index in [-0.39, 0.29) is 5.97 Å². The molecular formula is C14H19BrO2. The Bertz CT molecular complexity index is 350. The molecule has 1 rings (SSSR count). The Morgan fingerprint density at radius 1 is 1.29 bits per heavy atom. The van der Waals surface area contributed by atoms with Crippen LogP contribution in [-0.4, -0.2) is 17.9 Å². The van der Waals surface area contributed by atoms with E-state index in [0.717, 1.165) is 24.6 Å². The molecule has 3 heteroatoms. The quantitative estimate of drug-likeness (QED) is 0.569. The summed E-state index contributed by atoms with van der Waals surface area (Å²) in [6, 6.07) is 8.54. The molecule has 0 unspecified atom stereocenters. The number of benzene rings is 1. The smallest absolute Gasteiger partial charge is 0.305 e. The maximum Gasteiger partial charge on any atom is 0.305 e. The normalized spacial score (nSPS) is 10.2. The van der Waals surface area contributed by atoms with Gasteiger partial charge in [0.1, 0.15) is 0 Å². The molecule has 0 heterocycles. The summed E-state index contributed by atoms with van der Waals surface area (Å²) >= 11 is 3.44. The summed E-state index contributed by atoms with van der Waals surface area (Å²) in [6.45, 7) is 2.31. The summed E-state index contributed by atoms with van der Waals surface area (Å²) < 4.78 is 4.90. The van der Waals surface area contributed by atoms with E-state index in [1.807, 2.05) is 6.92 Å². The molecule has 0 atom stereocenters. The van der Waals surface area contributed by atoms with Crippen LogP contribution in [0.25, 0.3) is 0 Å². The molecule has 0 N–H and O–H groups in total. The zero-order chi connectivity index (χ0) is 12.5. The Balaban J connectivity index is 2.35. The highest BCUT2D eigenvalue weighted by molar-refractivity contribution is 9.09. The summed E-state index contributed by atoms with van der Waals surface area (Å²) in [7, 11) is 0. The predicted molar refractivity (Wildman–Crippen MR) is 73.5 cm³/mol. The molecule has 0 aliphatic heterocycles. The van der Waals surface area contributed by atoms with Gasteiger partial charge in [-0.25, -0.2) is 0 Å². The van der Waals surface area contributed by atoms with Crippen molar-refractivity contribution in [2.75, 3.05) is 11.9 Å². The van der Waals surface area contributed by atoms with Crippen molar-refractivity contribution >= 4 is 21.9 Å². The topological polar surface area (TPSA) is 26.3 Å². The largest absolute Gasteiger partial charge is 0.466 e. The van der Waals surface area contributed by atoms with E-state index in [1.165, 1.54) is 11.1 Å². The number of hydrogen-bond donors (Lipinski definition) is 0. The average Bonchev–Trinajstić information content (AvgIpc) is 2.30. The Morgan fingerprint density at radius 2 is 2.00 bits per heavy atom. The Labute approximate surface area is 111 Å². The first kappa shape index (κ1) is 14.2. The molecule has 0 saturated heterocycles. The second-order valence-corrected chi connectivity index (χ2v) is 4.71. The molecule has 0 fully saturated rings. The zero-order valence-corrected chi connectivity index (χ0v) is 11.8. The molecule has 0 saturated carbocycles. The van der Waals surface area contributed by atoms with Crippen LogP contribution in [0.15, 0.2) is 24.3 Å². The summed E-state index contributed by atoms with van der Waals surface area (Å²) in [5.74, 6) is -0.0934. The Kier molecular flexibility index (Phi) is 6.94. The highest BCUT2D eigenvalue weighted by Gasteiger charge is 2.02. The lowest BCUT2D eigenvalue weighted by Crippen LogP contribution is -2.04.